The molecule has 18 unspecified atom stereocenters. The molecule has 18 atom stereocenters. The quantitative estimate of drug-likeness (QED) is 0.0225. The fraction of sp³-hybridized carbons (Fsp3) is 0.870. The van der Waals surface area contributed by atoms with Gasteiger partial charge in [0, 0.05) is 19.8 Å². The van der Waals surface area contributed by atoms with Gasteiger partial charge < -0.3 is 100 Å². The van der Waals surface area contributed by atoms with Gasteiger partial charge in [-0.1, -0.05) is 211 Å². The summed E-state index contributed by atoms with van der Waals surface area (Å²) < 4.78 is 34.8. The average molecular weight is 1320 g/mol. The Morgan fingerprint density at radius 2 is 1.05 bits per heavy atom. The molecule has 3 aliphatic rings. The van der Waals surface area contributed by atoms with Gasteiger partial charge in [0.2, 0.25) is 11.8 Å². The van der Waals surface area contributed by atoms with Crippen LogP contribution in [0.5, 0.6) is 0 Å². The van der Waals surface area contributed by atoms with Crippen molar-refractivity contribution in [1.29, 1.82) is 0 Å². The van der Waals surface area contributed by atoms with E-state index in [-0.39, 0.29) is 12.3 Å². The van der Waals surface area contributed by atoms with E-state index in [4.69, 9.17) is 28.4 Å². The topological polar surface area (TPSA) is 373 Å². The number of allylic oxidation sites excluding steroid dienone is 5. The number of carboxylic acid groups (broad SMARTS) is 1. The minimum atomic E-state index is -3.08. The van der Waals surface area contributed by atoms with Crippen molar-refractivity contribution in [2.45, 2.75) is 355 Å². The molecular formula is C69H124N2O21. The normalized spacial score (nSPS) is 28.4. The van der Waals surface area contributed by atoms with E-state index in [0.29, 0.717) is 12.8 Å². The maximum absolute atomic E-state index is 13.5. The number of nitrogens with one attached hydrogen (secondary N) is 2. The van der Waals surface area contributed by atoms with Crippen molar-refractivity contribution < 1.29 is 104 Å². The second-order valence-corrected chi connectivity index (χ2v) is 25.7. The van der Waals surface area contributed by atoms with E-state index in [1.165, 1.54) is 122 Å². The van der Waals surface area contributed by atoms with Crippen molar-refractivity contribution in [3.05, 3.63) is 36.5 Å². The lowest BCUT2D eigenvalue weighted by Gasteiger charge is -2.50. The van der Waals surface area contributed by atoms with Gasteiger partial charge in [0.25, 0.3) is 5.79 Å². The summed E-state index contributed by atoms with van der Waals surface area (Å²) >= 11 is 0. The number of carbonyl (C=O) groups excluding carboxylic acids is 2. The molecular weight excluding hydrogens is 1190 g/mol. The van der Waals surface area contributed by atoms with Gasteiger partial charge in [-0.2, -0.15) is 0 Å². The van der Waals surface area contributed by atoms with Crippen molar-refractivity contribution in [2.24, 2.45) is 0 Å². The van der Waals surface area contributed by atoms with Crippen LogP contribution in [-0.2, 0) is 42.8 Å². The highest BCUT2D eigenvalue weighted by atomic mass is 16.8. The molecule has 0 bridgehead atoms. The molecule has 0 saturated carbocycles. The molecule has 0 aromatic rings. The Kier molecular flexibility index (Phi) is 44.7. The van der Waals surface area contributed by atoms with Gasteiger partial charge >= 0.3 is 5.97 Å². The highest BCUT2D eigenvalue weighted by Gasteiger charge is 2.60. The smallest absolute Gasteiger partial charge is 0.364 e. The molecule has 3 aliphatic heterocycles. The molecule has 92 heavy (non-hydrogen) atoms. The molecule has 0 aromatic carbocycles. The third kappa shape index (κ3) is 31.4. The minimum absolute atomic E-state index is 0.191. The standard InChI is InChI=1S/C69H124N2O21/c1-4-6-8-10-12-14-16-18-20-21-22-23-24-25-26-27-29-31-33-35-37-39-41-43-56(79)71-50(51(76)42-40-38-36-34-32-30-28-19-17-15-13-11-9-7-5-2)48-87-66-61(83)60(82)63(55(47-74)89-66)90-67-62(84)65(59(81)54(46-73)88-67)92-69(68(85)86)44-52(77)57(70-49(3)75)64(91-69)58(80)53(78)45-72/h22-23,25-26,40,42,50-55,57-67,72-74,76-78,80-84H,4-21,24,27-39,41,43-48H2,1-3H3,(H,70,75)(H,71,79)(H,85,86)/b23-22-,26-25-,42-40+. The van der Waals surface area contributed by atoms with Crippen LogP contribution in [0.3, 0.4) is 0 Å². The number of hydrogen-bond acceptors (Lipinski definition) is 20. The van der Waals surface area contributed by atoms with Gasteiger partial charge in [0.05, 0.1) is 50.7 Å². The van der Waals surface area contributed by atoms with Crippen LogP contribution in [0.15, 0.2) is 36.5 Å². The lowest BCUT2D eigenvalue weighted by molar-refractivity contribution is -0.386. The lowest BCUT2D eigenvalue weighted by atomic mass is 9.88. The highest BCUT2D eigenvalue weighted by Crippen LogP contribution is 2.39. The lowest BCUT2D eigenvalue weighted by Crippen LogP contribution is -2.70. The number of carbonyl (C=O) groups is 3. The molecule has 0 aromatic heterocycles. The first kappa shape index (κ1) is 83.2. The van der Waals surface area contributed by atoms with Crippen molar-refractivity contribution in [1.82, 2.24) is 10.6 Å². The number of aliphatic hydroxyl groups excluding tert-OH is 11. The van der Waals surface area contributed by atoms with Crippen LogP contribution < -0.4 is 10.6 Å². The Morgan fingerprint density at radius 3 is 1.53 bits per heavy atom. The molecule has 0 radical (unpaired) electrons. The summed E-state index contributed by atoms with van der Waals surface area (Å²) in [5.41, 5.74) is 0. The summed E-state index contributed by atoms with van der Waals surface area (Å²) in [6.07, 6.45) is 21.8. The molecule has 3 fully saturated rings. The average Bonchev–Trinajstić information content (AvgIpc) is 0.764. The predicted molar refractivity (Wildman–Crippen MR) is 347 cm³/mol. The second-order valence-electron chi connectivity index (χ2n) is 25.7. The number of unbranched alkanes of at least 4 members (excludes halogenated alkanes) is 29. The number of aliphatic carboxylic acids is 1. The molecule has 3 rings (SSSR count). The third-order valence-electron chi connectivity index (χ3n) is 17.8. The zero-order valence-corrected chi connectivity index (χ0v) is 55.9. The number of hydrogen-bond donors (Lipinski definition) is 14. The fourth-order valence-electron chi connectivity index (χ4n) is 12.2. The monoisotopic (exact) mass is 1320 g/mol. The van der Waals surface area contributed by atoms with Gasteiger partial charge in [0.1, 0.15) is 67.1 Å². The zero-order valence-electron chi connectivity index (χ0n) is 55.9. The molecule has 536 valence electrons. The van der Waals surface area contributed by atoms with Crippen molar-refractivity contribution >= 4 is 17.8 Å². The molecule has 0 aliphatic carbocycles. The second kappa shape index (κ2) is 49.5. The van der Waals surface area contributed by atoms with E-state index >= 15 is 0 Å². The Balaban J connectivity index is 1.59. The van der Waals surface area contributed by atoms with Crippen LogP contribution in [0.1, 0.15) is 245 Å². The van der Waals surface area contributed by atoms with E-state index in [1.807, 2.05) is 6.08 Å². The first-order valence-corrected chi connectivity index (χ1v) is 35.4. The Hall–Kier alpha value is -3.05. The molecule has 23 nitrogen and oxygen atoms in total. The van der Waals surface area contributed by atoms with E-state index in [0.717, 1.165) is 84.0 Å². The summed E-state index contributed by atoms with van der Waals surface area (Å²) in [4.78, 5) is 38.5. The summed E-state index contributed by atoms with van der Waals surface area (Å²) in [6, 6.07) is -2.62. The van der Waals surface area contributed by atoms with Crippen LogP contribution in [0.4, 0.5) is 0 Å². The Bertz CT molecular complexity index is 2000. The van der Waals surface area contributed by atoms with Crippen LogP contribution in [0.25, 0.3) is 0 Å². The molecule has 2 amide bonds. The minimum Gasteiger partial charge on any atom is -0.477 e. The summed E-state index contributed by atoms with van der Waals surface area (Å²) in [5, 5.41) is 136. The van der Waals surface area contributed by atoms with E-state index in [2.05, 4.69) is 48.8 Å². The summed E-state index contributed by atoms with van der Waals surface area (Å²) in [7, 11) is 0. The summed E-state index contributed by atoms with van der Waals surface area (Å²) in [5.74, 6) is -6.15. The van der Waals surface area contributed by atoms with Crippen LogP contribution in [0, 0.1) is 0 Å². The van der Waals surface area contributed by atoms with Gasteiger partial charge in [-0.3, -0.25) is 9.59 Å². The molecule has 3 saturated heterocycles. The summed E-state index contributed by atoms with van der Waals surface area (Å²) in [6.45, 7) is 2.13. The number of rotatable bonds is 53. The van der Waals surface area contributed by atoms with Crippen molar-refractivity contribution in [3.63, 3.8) is 0 Å². The molecule has 23 heteroatoms. The third-order valence-corrected chi connectivity index (χ3v) is 17.8. The van der Waals surface area contributed by atoms with Gasteiger partial charge in [-0.05, 0) is 51.4 Å². The van der Waals surface area contributed by atoms with Crippen molar-refractivity contribution in [3.8, 4) is 0 Å². The van der Waals surface area contributed by atoms with E-state index in [9.17, 15) is 75.7 Å². The first-order valence-electron chi connectivity index (χ1n) is 35.4. The van der Waals surface area contributed by atoms with E-state index in [1.54, 1.807) is 6.08 Å². The Labute approximate surface area is 548 Å². The number of ether oxygens (including phenoxy) is 6. The van der Waals surface area contributed by atoms with Crippen LogP contribution in [-0.4, -0.2) is 215 Å². The molecule has 0 spiro atoms. The maximum Gasteiger partial charge on any atom is 0.364 e. The number of aliphatic hydroxyl groups is 11. The zero-order chi connectivity index (χ0) is 67.5. The highest BCUT2D eigenvalue weighted by molar-refractivity contribution is 5.77. The largest absolute Gasteiger partial charge is 0.477 e. The predicted octanol–water partition coefficient (Wildman–Crippen LogP) is 6.62. The molecule has 14 N–H and O–H groups in total. The van der Waals surface area contributed by atoms with E-state index < -0.39 is 155 Å². The number of amides is 2. The SMILES string of the molecule is CCCCCCCCCCC/C=C\C/C=C\CCCCCCCCCC(=O)NC(COC1OC(CO)C(OC2OC(CO)C(O)C(OC3(C(=O)O)CC(O)C(NC(C)=O)C(C(O)C(O)CO)O3)C2O)C(O)C1O)C(O)/C=C/CCCCCCCCCCCCCCC. The fourth-order valence-corrected chi connectivity index (χ4v) is 12.2. The van der Waals surface area contributed by atoms with Gasteiger partial charge in [-0.15, -0.1) is 0 Å². The first-order chi connectivity index (χ1) is 44.4. The van der Waals surface area contributed by atoms with Gasteiger partial charge in [0.15, 0.2) is 12.6 Å². The maximum atomic E-state index is 13.5. The molecule has 3 heterocycles. The Morgan fingerprint density at radius 1 is 0.576 bits per heavy atom. The van der Waals surface area contributed by atoms with Crippen molar-refractivity contribution in [2.75, 3.05) is 26.4 Å². The van der Waals surface area contributed by atoms with Crippen LogP contribution in [0.2, 0.25) is 0 Å². The number of carboxylic acids is 1. The van der Waals surface area contributed by atoms with Crippen LogP contribution >= 0.6 is 0 Å². The van der Waals surface area contributed by atoms with Gasteiger partial charge in [-0.25, -0.2) is 4.79 Å².